The molecular weight excluding hydrogens is 220 g/mol. The third-order valence-electron chi connectivity index (χ3n) is 2.15. The third kappa shape index (κ3) is 2.46. The molecule has 82 valence electrons. The largest absolute Gasteiger partial charge is 0.494 e. The van der Waals surface area contributed by atoms with Crippen LogP contribution < -0.4 is 4.74 Å². The molecule has 0 unspecified atom stereocenters. The highest BCUT2D eigenvalue weighted by Crippen LogP contribution is 2.19. The zero-order valence-electron chi connectivity index (χ0n) is 8.93. The maximum Gasteiger partial charge on any atom is 0.197 e. The van der Waals surface area contributed by atoms with Crippen molar-refractivity contribution in [1.29, 1.82) is 0 Å². The van der Waals surface area contributed by atoms with Crippen molar-refractivity contribution in [3.63, 3.8) is 0 Å². The average Bonchev–Trinajstić information content (AvgIpc) is 2.30. The van der Waals surface area contributed by atoms with Gasteiger partial charge in [0.2, 0.25) is 0 Å². The monoisotopic (exact) mass is 232 g/mol. The van der Waals surface area contributed by atoms with Crippen LogP contribution in [0.2, 0.25) is 0 Å². The summed E-state index contributed by atoms with van der Waals surface area (Å²) in [4.78, 5) is 6.98. The minimum atomic E-state index is 0.492. The van der Waals surface area contributed by atoms with Gasteiger partial charge in [0.05, 0.1) is 6.61 Å². The Kier molecular flexibility index (Phi) is 3.31. The lowest BCUT2D eigenvalue weighted by Crippen LogP contribution is -1.91. The molecule has 0 atom stereocenters. The van der Waals surface area contributed by atoms with Crippen molar-refractivity contribution in [2.75, 3.05) is 6.61 Å². The second kappa shape index (κ2) is 4.90. The molecule has 1 N–H and O–H groups in total. The Labute approximate surface area is 99.1 Å². The van der Waals surface area contributed by atoms with Crippen LogP contribution in [0.3, 0.4) is 0 Å². The fourth-order valence-corrected chi connectivity index (χ4v) is 1.61. The van der Waals surface area contributed by atoms with Crippen LogP contribution in [0.5, 0.6) is 5.75 Å². The normalized spacial score (nSPS) is 10.1. The highest BCUT2D eigenvalue weighted by atomic mass is 32.1. The molecule has 0 aliphatic carbocycles. The van der Waals surface area contributed by atoms with E-state index in [-0.39, 0.29) is 0 Å². The smallest absolute Gasteiger partial charge is 0.197 e. The first kappa shape index (κ1) is 10.8. The first-order valence-electron chi connectivity index (χ1n) is 5.08. The number of ether oxygens (including phenoxy) is 1. The first-order valence-corrected chi connectivity index (χ1v) is 5.49. The van der Waals surface area contributed by atoms with Gasteiger partial charge in [0.1, 0.15) is 5.75 Å². The van der Waals surface area contributed by atoms with Gasteiger partial charge in [-0.3, -0.25) is 0 Å². The molecule has 0 bridgehead atoms. The summed E-state index contributed by atoms with van der Waals surface area (Å²) in [5.74, 6) is 0.874. The quantitative estimate of drug-likeness (QED) is 0.826. The fourth-order valence-electron chi connectivity index (χ4n) is 1.43. The molecule has 0 aliphatic rings. The molecule has 0 fully saturated rings. The molecule has 0 saturated carbocycles. The summed E-state index contributed by atoms with van der Waals surface area (Å²) in [6.45, 7) is 2.64. The van der Waals surface area contributed by atoms with E-state index in [1.165, 1.54) is 0 Å². The van der Waals surface area contributed by atoms with Crippen LogP contribution in [-0.2, 0) is 0 Å². The number of hydrogen-bond donors (Lipinski definition) is 1. The van der Waals surface area contributed by atoms with E-state index < -0.39 is 0 Å². The van der Waals surface area contributed by atoms with E-state index in [0.717, 1.165) is 17.0 Å². The lowest BCUT2D eigenvalue weighted by atomic mass is 10.1. The molecule has 3 nitrogen and oxygen atoms in total. The van der Waals surface area contributed by atoms with Gasteiger partial charge in [-0.25, -0.2) is 4.98 Å². The van der Waals surface area contributed by atoms with Crippen LogP contribution in [0.25, 0.3) is 11.3 Å². The van der Waals surface area contributed by atoms with E-state index in [1.54, 1.807) is 6.20 Å². The summed E-state index contributed by atoms with van der Waals surface area (Å²) in [6, 6.07) is 9.76. The minimum absolute atomic E-state index is 0.492. The summed E-state index contributed by atoms with van der Waals surface area (Å²) in [6.07, 6.45) is 1.70. The van der Waals surface area contributed by atoms with Crippen molar-refractivity contribution in [3.05, 3.63) is 41.3 Å². The molecule has 0 saturated heterocycles. The number of benzene rings is 1. The van der Waals surface area contributed by atoms with Crippen LogP contribution in [0.15, 0.2) is 36.5 Å². The standard InChI is InChI=1S/C12H12N2OS/c1-2-15-10-5-3-9(4-6-10)11-7-8-13-12(16)14-11/h3-8H,2H2,1H3,(H,13,14,16). The highest BCUT2D eigenvalue weighted by Gasteiger charge is 1.98. The number of aromatic amines is 1. The molecule has 0 aliphatic heterocycles. The molecule has 1 aromatic carbocycles. The zero-order chi connectivity index (χ0) is 11.4. The summed E-state index contributed by atoms with van der Waals surface area (Å²) >= 11 is 4.98. The number of nitrogens with one attached hydrogen (secondary N) is 1. The van der Waals surface area contributed by atoms with E-state index in [0.29, 0.717) is 11.4 Å². The Hall–Kier alpha value is -1.68. The SMILES string of the molecule is CCOc1ccc(-c2ccnc(=S)[nH]2)cc1. The van der Waals surface area contributed by atoms with E-state index >= 15 is 0 Å². The van der Waals surface area contributed by atoms with Gasteiger partial charge in [-0.15, -0.1) is 0 Å². The van der Waals surface area contributed by atoms with Gasteiger partial charge in [-0.2, -0.15) is 0 Å². The van der Waals surface area contributed by atoms with Crippen LogP contribution >= 0.6 is 12.2 Å². The van der Waals surface area contributed by atoms with E-state index in [1.807, 2.05) is 37.3 Å². The summed E-state index contributed by atoms with van der Waals surface area (Å²) < 4.78 is 5.87. The fraction of sp³-hybridized carbons (Fsp3) is 0.167. The number of hydrogen-bond acceptors (Lipinski definition) is 3. The van der Waals surface area contributed by atoms with Gasteiger partial charge < -0.3 is 9.72 Å². The molecule has 16 heavy (non-hydrogen) atoms. The van der Waals surface area contributed by atoms with Crippen LogP contribution in [0.1, 0.15) is 6.92 Å². The molecule has 1 aromatic heterocycles. The van der Waals surface area contributed by atoms with Crippen molar-refractivity contribution < 1.29 is 4.74 Å². The van der Waals surface area contributed by atoms with Crippen LogP contribution in [0.4, 0.5) is 0 Å². The second-order valence-electron chi connectivity index (χ2n) is 3.25. The maximum atomic E-state index is 5.38. The topological polar surface area (TPSA) is 37.9 Å². The summed E-state index contributed by atoms with van der Waals surface area (Å²) in [5, 5.41) is 0. The Bertz CT molecular complexity index is 519. The molecule has 2 rings (SSSR count). The Morgan fingerprint density at radius 1 is 1.25 bits per heavy atom. The zero-order valence-corrected chi connectivity index (χ0v) is 9.75. The maximum absolute atomic E-state index is 5.38. The van der Waals surface area contributed by atoms with Gasteiger partial charge in [-0.05, 0) is 55.0 Å². The highest BCUT2D eigenvalue weighted by molar-refractivity contribution is 7.71. The van der Waals surface area contributed by atoms with Gasteiger partial charge in [0, 0.05) is 11.9 Å². The van der Waals surface area contributed by atoms with Crippen LogP contribution in [-0.4, -0.2) is 16.6 Å². The van der Waals surface area contributed by atoms with Gasteiger partial charge in [0.15, 0.2) is 4.77 Å². The molecule has 2 aromatic rings. The van der Waals surface area contributed by atoms with Crippen molar-refractivity contribution in [2.24, 2.45) is 0 Å². The molecule has 0 radical (unpaired) electrons. The van der Waals surface area contributed by atoms with Crippen molar-refractivity contribution in [2.45, 2.75) is 6.92 Å². The number of H-pyrrole nitrogens is 1. The van der Waals surface area contributed by atoms with Crippen LogP contribution in [0, 0.1) is 4.77 Å². The lowest BCUT2D eigenvalue weighted by Gasteiger charge is -2.04. The summed E-state index contributed by atoms with van der Waals surface area (Å²) in [7, 11) is 0. The predicted octanol–water partition coefficient (Wildman–Crippen LogP) is 3.20. The number of aromatic nitrogens is 2. The summed E-state index contributed by atoms with van der Waals surface area (Å²) in [5.41, 5.74) is 2.03. The van der Waals surface area contributed by atoms with Crippen molar-refractivity contribution >= 4 is 12.2 Å². The third-order valence-corrected chi connectivity index (χ3v) is 2.36. The van der Waals surface area contributed by atoms with E-state index in [2.05, 4.69) is 9.97 Å². The predicted molar refractivity (Wildman–Crippen MR) is 66.0 cm³/mol. The van der Waals surface area contributed by atoms with Gasteiger partial charge in [-0.1, -0.05) is 0 Å². The van der Waals surface area contributed by atoms with Crippen molar-refractivity contribution in [1.82, 2.24) is 9.97 Å². The number of nitrogens with zero attached hydrogens (tertiary/aromatic N) is 1. The molecular formula is C12H12N2OS. The second-order valence-corrected chi connectivity index (χ2v) is 3.63. The molecule has 4 heteroatoms. The van der Waals surface area contributed by atoms with Crippen molar-refractivity contribution in [3.8, 4) is 17.0 Å². The minimum Gasteiger partial charge on any atom is -0.494 e. The van der Waals surface area contributed by atoms with E-state index in [9.17, 15) is 0 Å². The molecule has 1 heterocycles. The first-order chi connectivity index (χ1) is 7.79. The Morgan fingerprint density at radius 3 is 2.62 bits per heavy atom. The van der Waals surface area contributed by atoms with E-state index in [4.69, 9.17) is 17.0 Å². The average molecular weight is 232 g/mol. The Balaban J connectivity index is 2.31. The van der Waals surface area contributed by atoms with Gasteiger partial charge >= 0.3 is 0 Å². The molecule has 0 amide bonds. The number of rotatable bonds is 3. The lowest BCUT2D eigenvalue weighted by molar-refractivity contribution is 0.340. The van der Waals surface area contributed by atoms with Gasteiger partial charge in [0.25, 0.3) is 0 Å². The molecule has 0 spiro atoms. The Morgan fingerprint density at radius 2 is 2.00 bits per heavy atom.